The molecule has 0 atom stereocenters. The van der Waals surface area contributed by atoms with E-state index in [9.17, 15) is 19.5 Å². The highest BCUT2D eigenvalue weighted by Crippen LogP contribution is 2.35. The molecule has 0 spiro atoms. The number of benzene rings is 2. The molecule has 1 fully saturated rings. The van der Waals surface area contributed by atoms with Crippen LogP contribution >= 0.6 is 31.9 Å². The van der Waals surface area contributed by atoms with Gasteiger partial charge < -0.3 is 9.84 Å². The number of ether oxygens (including phenoxy) is 1. The fourth-order valence-electron chi connectivity index (χ4n) is 2.63. The Labute approximate surface area is 182 Å². The van der Waals surface area contributed by atoms with Gasteiger partial charge >= 0.3 is 6.03 Å². The molecular formula is C20H14Br2N2O5. The van der Waals surface area contributed by atoms with Crippen molar-refractivity contribution in [2.24, 2.45) is 0 Å². The number of carbonyl (C=O) groups is 3. The fourth-order valence-corrected chi connectivity index (χ4v) is 4.00. The minimum Gasteiger partial charge on any atom is -0.508 e. The number of halogens is 2. The maximum atomic E-state index is 13.0. The van der Waals surface area contributed by atoms with Crippen molar-refractivity contribution in [2.45, 2.75) is 0 Å². The van der Waals surface area contributed by atoms with Crippen LogP contribution in [-0.2, 0) is 9.59 Å². The number of amides is 4. The molecule has 0 unspecified atom stereocenters. The standard InChI is InChI=1S/C20H14Br2N2O5/c1-2-7-29-17-11(8-12(21)10-16(17)22)9-15-18(26)23-20(28)24(19(15)27)13-3-5-14(25)6-4-13/h2-6,8-10,25H,1,7H2,(H,23,26,28)/b15-9+. The lowest BCUT2D eigenvalue weighted by atomic mass is 10.1. The molecule has 2 aromatic rings. The summed E-state index contributed by atoms with van der Waals surface area (Å²) in [6.07, 6.45) is 2.92. The lowest BCUT2D eigenvalue weighted by molar-refractivity contribution is -0.122. The Morgan fingerprint density at radius 1 is 1.14 bits per heavy atom. The number of urea groups is 1. The first kappa shape index (κ1) is 20.8. The summed E-state index contributed by atoms with van der Waals surface area (Å²) in [4.78, 5) is 38.4. The van der Waals surface area contributed by atoms with Crippen LogP contribution in [-0.4, -0.2) is 29.6 Å². The van der Waals surface area contributed by atoms with Crippen LogP contribution in [0.2, 0.25) is 0 Å². The molecule has 0 radical (unpaired) electrons. The van der Waals surface area contributed by atoms with Crippen LogP contribution in [0.3, 0.4) is 0 Å². The summed E-state index contributed by atoms with van der Waals surface area (Å²) in [5, 5.41) is 11.6. The quantitative estimate of drug-likeness (QED) is 0.350. The van der Waals surface area contributed by atoms with Crippen molar-refractivity contribution in [2.75, 3.05) is 11.5 Å². The first-order chi connectivity index (χ1) is 13.8. The molecular weight excluding hydrogens is 508 g/mol. The third kappa shape index (κ3) is 4.41. The van der Waals surface area contributed by atoms with E-state index >= 15 is 0 Å². The number of hydrogen-bond acceptors (Lipinski definition) is 5. The molecule has 0 saturated carbocycles. The van der Waals surface area contributed by atoms with Crippen molar-refractivity contribution in [3.63, 3.8) is 0 Å². The van der Waals surface area contributed by atoms with E-state index in [0.717, 1.165) is 4.90 Å². The van der Waals surface area contributed by atoms with Crippen molar-refractivity contribution in [1.29, 1.82) is 0 Å². The number of rotatable bonds is 5. The number of anilines is 1. The molecule has 1 aliphatic heterocycles. The van der Waals surface area contributed by atoms with E-state index in [0.29, 0.717) is 20.3 Å². The van der Waals surface area contributed by atoms with Gasteiger partial charge in [0.25, 0.3) is 11.8 Å². The highest BCUT2D eigenvalue weighted by Gasteiger charge is 2.37. The summed E-state index contributed by atoms with van der Waals surface area (Å²) >= 11 is 6.76. The Balaban J connectivity index is 2.07. The van der Waals surface area contributed by atoms with Gasteiger partial charge in [0, 0.05) is 10.0 Å². The first-order valence-corrected chi connectivity index (χ1v) is 9.83. The van der Waals surface area contributed by atoms with Gasteiger partial charge in [0.15, 0.2) is 0 Å². The topological polar surface area (TPSA) is 95.9 Å². The zero-order valence-electron chi connectivity index (χ0n) is 14.8. The van der Waals surface area contributed by atoms with E-state index in [2.05, 4.69) is 43.8 Å². The van der Waals surface area contributed by atoms with Crippen molar-refractivity contribution in [3.05, 3.63) is 69.1 Å². The molecule has 0 aliphatic carbocycles. The van der Waals surface area contributed by atoms with Gasteiger partial charge in [-0.2, -0.15) is 0 Å². The average Bonchev–Trinajstić information content (AvgIpc) is 2.65. The number of carbonyl (C=O) groups excluding carboxylic acids is 3. The van der Waals surface area contributed by atoms with Crippen LogP contribution < -0.4 is 15.0 Å². The molecule has 9 heteroatoms. The number of phenolic OH excluding ortho intramolecular Hbond substituents is 1. The van der Waals surface area contributed by atoms with Crippen LogP contribution in [0.4, 0.5) is 10.5 Å². The van der Waals surface area contributed by atoms with Gasteiger partial charge in [-0.25, -0.2) is 9.69 Å². The molecule has 7 nitrogen and oxygen atoms in total. The smallest absolute Gasteiger partial charge is 0.335 e. The van der Waals surface area contributed by atoms with Crippen molar-refractivity contribution >= 4 is 61.5 Å². The van der Waals surface area contributed by atoms with Crippen molar-refractivity contribution in [3.8, 4) is 11.5 Å². The van der Waals surface area contributed by atoms with Gasteiger partial charge in [-0.15, -0.1) is 0 Å². The fraction of sp³-hybridized carbons (Fsp3) is 0.0500. The lowest BCUT2D eigenvalue weighted by Crippen LogP contribution is -2.54. The minimum atomic E-state index is -0.874. The predicted octanol–water partition coefficient (Wildman–Crippen LogP) is 4.15. The Morgan fingerprint density at radius 2 is 1.83 bits per heavy atom. The highest BCUT2D eigenvalue weighted by molar-refractivity contribution is 9.11. The summed E-state index contributed by atoms with van der Waals surface area (Å²) < 4.78 is 6.95. The van der Waals surface area contributed by atoms with E-state index in [1.54, 1.807) is 18.2 Å². The normalized spacial score (nSPS) is 15.4. The second kappa shape index (κ2) is 8.62. The maximum absolute atomic E-state index is 13.0. The number of hydrogen-bond donors (Lipinski definition) is 2. The van der Waals surface area contributed by atoms with Crippen LogP contribution in [0.15, 0.2) is 63.6 Å². The number of nitrogens with zero attached hydrogens (tertiary/aromatic N) is 1. The Kier molecular flexibility index (Phi) is 6.19. The first-order valence-electron chi connectivity index (χ1n) is 8.25. The maximum Gasteiger partial charge on any atom is 0.335 e. The van der Waals surface area contributed by atoms with Gasteiger partial charge in [0.2, 0.25) is 0 Å². The average molecular weight is 522 g/mol. The number of aromatic hydroxyl groups is 1. The summed E-state index contributed by atoms with van der Waals surface area (Å²) in [7, 11) is 0. The van der Waals surface area contributed by atoms with Crippen molar-refractivity contribution < 1.29 is 24.2 Å². The summed E-state index contributed by atoms with van der Waals surface area (Å²) in [5.74, 6) is -1.22. The van der Waals surface area contributed by atoms with Crippen LogP contribution in [0.25, 0.3) is 6.08 Å². The second-order valence-corrected chi connectivity index (χ2v) is 7.65. The Morgan fingerprint density at radius 3 is 2.48 bits per heavy atom. The monoisotopic (exact) mass is 520 g/mol. The van der Waals surface area contributed by atoms with Crippen molar-refractivity contribution in [1.82, 2.24) is 5.32 Å². The molecule has 1 saturated heterocycles. The number of phenols is 1. The lowest BCUT2D eigenvalue weighted by Gasteiger charge is -2.26. The highest BCUT2D eigenvalue weighted by atomic mass is 79.9. The largest absolute Gasteiger partial charge is 0.508 e. The van der Waals surface area contributed by atoms with E-state index in [-0.39, 0.29) is 23.6 Å². The molecule has 2 aromatic carbocycles. The Hall–Kier alpha value is -2.91. The molecule has 0 aromatic heterocycles. The van der Waals surface area contributed by atoms with Gasteiger partial charge in [-0.3, -0.25) is 14.9 Å². The second-order valence-electron chi connectivity index (χ2n) is 5.88. The molecule has 2 N–H and O–H groups in total. The molecule has 148 valence electrons. The molecule has 1 heterocycles. The summed E-state index contributed by atoms with van der Waals surface area (Å²) in [5.41, 5.74) is 0.417. The van der Waals surface area contributed by atoms with Gasteiger partial charge in [0.1, 0.15) is 23.7 Å². The zero-order valence-corrected chi connectivity index (χ0v) is 18.0. The molecule has 4 amide bonds. The molecule has 29 heavy (non-hydrogen) atoms. The zero-order chi connectivity index (χ0) is 21.1. The minimum absolute atomic E-state index is 0.0200. The number of nitrogens with one attached hydrogen (secondary N) is 1. The third-order valence-electron chi connectivity index (χ3n) is 3.89. The molecule has 3 rings (SSSR count). The van der Waals surface area contributed by atoms with E-state index in [1.807, 2.05) is 0 Å². The molecule has 1 aliphatic rings. The SMILES string of the molecule is C=CCOc1c(Br)cc(Br)cc1/C=C1\C(=O)NC(=O)N(c2ccc(O)cc2)C1=O. The van der Waals surface area contributed by atoms with E-state index in [4.69, 9.17) is 4.74 Å². The van der Waals surface area contributed by atoms with Crippen LogP contribution in [0.1, 0.15) is 5.56 Å². The number of imide groups is 2. The molecule has 0 bridgehead atoms. The predicted molar refractivity (Wildman–Crippen MR) is 115 cm³/mol. The van der Waals surface area contributed by atoms with E-state index < -0.39 is 17.8 Å². The Bertz CT molecular complexity index is 1050. The van der Waals surface area contributed by atoms with Gasteiger partial charge in [0.05, 0.1) is 10.2 Å². The van der Waals surface area contributed by atoms with E-state index in [1.165, 1.54) is 30.3 Å². The van der Waals surface area contributed by atoms with Gasteiger partial charge in [-0.1, -0.05) is 28.6 Å². The summed E-state index contributed by atoms with van der Waals surface area (Å²) in [6, 6.07) is 8.03. The van der Waals surface area contributed by atoms with Gasteiger partial charge in [-0.05, 0) is 58.4 Å². The third-order valence-corrected chi connectivity index (χ3v) is 4.94. The van der Waals surface area contributed by atoms with Crippen LogP contribution in [0.5, 0.6) is 11.5 Å². The summed E-state index contributed by atoms with van der Waals surface area (Å²) in [6.45, 7) is 3.82. The van der Waals surface area contributed by atoms with Crippen LogP contribution in [0, 0.1) is 0 Å². The number of barbiturate groups is 1.